The number of nitrogens with one attached hydrogen (secondary N) is 1. The molecular formula is C23H30BN3O5. The Morgan fingerprint density at radius 3 is 2.62 bits per heavy atom. The molecule has 2 amide bonds. The molecule has 0 aromatic heterocycles. The van der Waals surface area contributed by atoms with Crippen LogP contribution in [-0.2, 0) is 16.0 Å². The van der Waals surface area contributed by atoms with Gasteiger partial charge in [0.15, 0.2) is 0 Å². The summed E-state index contributed by atoms with van der Waals surface area (Å²) >= 11 is 0. The fourth-order valence-corrected chi connectivity index (χ4v) is 4.17. The second-order valence-electron chi connectivity index (χ2n) is 9.64. The molecule has 0 radical (unpaired) electrons. The number of alkyl carbamates (subject to hydrolysis) is 1. The number of hydrogen-bond acceptors (Lipinski definition) is 5. The van der Waals surface area contributed by atoms with Crippen LogP contribution >= 0.6 is 0 Å². The highest BCUT2D eigenvalue weighted by molar-refractivity contribution is 6.43. The van der Waals surface area contributed by atoms with Gasteiger partial charge in [0.25, 0.3) is 5.91 Å². The highest BCUT2D eigenvalue weighted by Gasteiger charge is 2.54. The van der Waals surface area contributed by atoms with Crippen LogP contribution < -0.4 is 5.32 Å². The molecule has 170 valence electrons. The molecule has 3 N–H and O–H groups in total. The Bertz CT molecular complexity index is 906. The van der Waals surface area contributed by atoms with Gasteiger partial charge >= 0.3 is 13.2 Å². The largest absolute Gasteiger partial charge is 0.475 e. The summed E-state index contributed by atoms with van der Waals surface area (Å²) in [6.45, 7) is 13.8. The number of allylic oxidation sites excluding steroid dienone is 1. The first-order valence-corrected chi connectivity index (χ1v) is 10.8. The van der Waals surface area contributed by atoms with E-state index in [-0.39, 0.29) is 42.0 Å². The van der Waals surface area contributed by atoms with Crippen LogP contribution in [0, 0.1) is 23.8 Å². The number of nitrogens with zero attached hydrogens (tertiary/aromatic N) is 2. The second-order valence-corrected chi connectivity index (χ2v) is 9.64. The van der Waals surface area contributed by atoms with Gasteiger partial charge in [-0.25, -0.2) is 9.64 Å². The SMILES string of the molecule is [C-]#[N+]C(=CC(C)(C)C)C(=O)N1C[C@@H]2C[C@@H]2[C@@H]1COC(=O)N[C@@H](Cc1ccccc1)B(O)O. The van der Waals surface area contributed by atoms with Gasteiger partial charge in [-0.2, -0.15) is 0 Å². The summed E-state index contributed by atoms with van der Waals surface area (Å²) in [7, 11) is -1.75. The summed E-state index contributed by atoms with van der Waals surface area (Å²) in [5, 5.41) is 21.8. The van der Waals surface area contributed by atoms with Gasteiger partial charge in [-0.1, -0.05) is 57.2 Å². The number of likely N-dealkylation sites (tertiary alicyclic amines) is 1. The summed E-state index contributed by atoms with van der Waals surface area (Å²) in [4.78, 5) is 30.4. The van der Waals surface area contributed by atoms with E-state index in [0.717, 1.165) is 12.0 Å². The predicted octanol–water partition coefficient (Wildman–Crippen LogP) is 2.03. The van der Waals surface area contributed by atoms with Crippen molar-refractivity contribution in [2.75, 3.05) is 13.2 Å². The summed E-state index contributed by atoms with van der Waals surface area (Å²) in [5.41, 5.74) is 0.624. The quantitative estimate of drug-likeness (QED) is 0.343. The van der Waals surface area contributed by atoms with E-state index in [1.807, 2.05) is 51.1 Å². The van der Waals surface area contributed by atoms with Gasteiger partial charge in [0.05, 0.1) is 18.6 Å². The van der Waals surface area contributed by atoms with Crippen molar-refractivity contribution in [3.8, 4) is 0 Å². The topological polar surface area (TPSA) is 103 Å². The summed E-state index contributed by atoms with van der Waals surface area (Å²) in [6.07, 6.45) is 2.11. The maximum Gasteiger partial charge on any atom is 0.475 e. The average molecular weight is 439 g/mol. The minimum Gasteiger partial charge on any atom is -0.447 e. The molecule has 1 heterocycles. The van der Waals surface area contributed by atoms with Gasteiger partial charge in [0.1, 0.15) is 6.61 Å². The predicted molar refractivity (Wildman–Crippen MR) is 120 cm³/mol. The molecule has 2 aliphatic rings. The van der Waals surface area contributed by atoms with Crippen LogP contribution in [0.1, 0.15) is 32.8 Å². The van der Waals surface area contributed by atoms with Crippen molar-refractivity contribution < 1.29 is 24.4 Å². The zero-order valence-electron chi connectivity index (χ0n) is 18.7. The molecular weight excluding hydrogens is 409 g/mol. The van der Waals surface area contributed by atoms with Crippen LogP contribution in [0.4, 0.5) is 4.79 Å². The Kier molecular flexibility index (Phi) is 7.27. The fraction of sp³-hybridized carbons (Fsp3) is 0.522. The van der Waals surface area contributed by atoms with Crippen molar-refractivity contribution in [2.45, 2.75) is 45.6 Å². The van der Waals surface area contributed by atoms with Gasteiger partial charge < -0.3 is 25.0 Å². The zero-order chi connectivity index (χ0) is 23.5. The van der Waals surface area contributed by atoms with Crippen molar-refractivity contribution in [1.82, 2.24) is 10.2 Å². The molecule has 3 rings (SSSR count). The number of ether oxygens (including phenoxy) is 1. The van der Waals surface area contributed by atoms with Crippen molar-refractivity contribution in [2.24, 2.45) is 17.3 Å². The molecule has 32 heavy (non-hydrogen) atoms. The van der Waals surface area contributed by atoms with E-state index in [1.165, 1.54) is 0 Å². The minimum atomic E-state index is -1.75. The molecule has 4 atom stereocenters. The standard InChI is InChI=1S/C23H30BN3O5/c1-23(2,3)12-18(25-4)21(28)27-13-16-11-17(16)19(27)14-32-22(29)26-20(24(30)31)10-15-8-6-5-7-9-15/h5-9,12,16-17,19-20,30-31H,10-11,13-14H2,1-3H3,(H,26,29)/t16-,17-,19-,20-/m0/s1. The lowest BCUT2D eigenvalue weighted by Crippen LogP contribution is -2.49. The third-order valence-corrected chi connectivity index (χ3v) is 5.82. The molecule has 0 bridgehead atoms. The summed E-state index contributed by atoms with van der Waals surface area (Å²) in [6, 6.07) is 8.89. The number of carbonyl (C=O) groups excluding carboxylic acids is 2. The second kappa shape index (κ2) is 9.76. The number of rotatable bonds is 7. The van der Waals surface area contributed by atoms with Crippen LogP contribution in [0.25, 0.3) is 4.85 Å². The first-order chi connectivity index (χ1) is 15.1. The number of carbonyl (C=O) groups is 2. The molecule has 0 spiro atoms. The summed E-state index contributed by atoms with van der Waals surface area (Å²) < 4.78 is 5.37. The lowest BCUT2D eigenvalue weighted by Gasteiger charge is -2.28. The molecule has 1 saturated carbocycles. The Morgan fingerprint density at radius 2 is 2.03 bits per heavy atom. The van der Waals surface area contributed by atoms with Gasteiger partial charge in [-0.3, -0.25) is 4.79 Å². The van der Waals surface area contributed by atoms with Crippen molar-refractivity contribution in [3.63, 3.8) is 0 Å². The minimum absolute atomic E-state index is 0.000874. The Labute approximate surface area is 189 Å². The molecule has 9 heteroatoms. The van der Waals surface area contributed by atoms with Gasteiger partial charge in [-0.05, 0) is 35.7 Å². The van der Waals surface area contributed by atoms with Gasteiger partial charge in [0, 0.05) is 6.54 Å². The highest BCUT2D eigenvalue weighted by Crippen LogP contribution is 2.50. The highest BCUT2D eigenvalue weighted by atomic mass is 16.5. The molecule has 1 saturated heterocycles. The third kappa shape index (κ3) is 6.12. The molecule has 1 aliphatic carbocycles. The van der Waals surface area contributed by atoms with Gasteiger partial charge in [0.2, 0.25) is 5.70 Å². The van der Waals surface area contributed by atoms with E-state index < -0.39 is 19.2 Å². The number of amides is 2. The van der Waals surface area contributed by atoms with E-state index in [4.69, 9.17) is 11.3 Å². The van der Waals surface area contributed by atoms with E-state index in [9.17, 15) is 19.6 Å². The van der Waals surface area contributed by atoms with E-state index in [2.05, 4.69) is 10.2 Å². The van der Waals surface area contributed by atoms with Crippen LogP contribution in [0.5, 0.6) is 0 Å². The molecule has 0 unspecified atom stereocenters. The maximum absolute atomic E-state index is 13.0. The molecule has 1 aromatic rings. The van der Waals surface area contributed by atoms with Crippen LogP contribution in [0.3, 0.4) is 0 Å². The smallest absolute Gasteiger partial charge is 0.447 e. The van der Waals surface area contributed by atoms with Crippen LogP contribution in [-0.4, -0.2) is 59.2 Å². The number of benzene rings is 1. The number of piperidine rings is 1. The molecule has 8 nitrogen and oxygen atoms in total. The lowest BCUT2D eigenvalue weighted by molar-refractivity contribution is -0.129. The first kappa shape index (κ1) is 23.8. The lowest BCUT2D eigenvalue weighted by atomic mass is 9.76. The van der Waals surface area contributed by atoms with Crippen LogP contribution in [0.2, 0.25) is 0 Å². The number of hydrogen-bond donors (Lipinski definition) is 3. The fourth-order valence-electron chi connectivity index (χ4n) is 4.17. The van der Waals surface area contributed by atoms with Crippen LogP contribution in [0.15, 0.2) is 42.1 Å². The summed E-state index contributed by atoms with van der Waals surface area (Å²) in [5.74, 6) is -0.619. The molecule has 1 aromatic carbocycles. The van der Waals surface area contributed by atoms with E-state index in [0.29, 0.717) is 12.5 Å². The molecule has 1 aliphatic heterocycles. The Balaban J connectivity index is 1.59. The monoisotopic (exact) mass is 439 g/mol. The zero-order valence-corrected chi connectivity index (χ0v) is 18.7. The maximum atomic E-state index is 13.0. The number of fused-ring (bicyclic) bond motifs is 1. The van der Waals surface area contributed by atoms with E-state index in [1.54, 1.807) is 11.0 Å². The van der Waals surface area contributed by atoms with Crippen molar-refractivity contribution in [1.29, 1.82) is 0 Å². The third-order valence-electron chi connectivity index (χ3n) is 5.82. The van der Waals surface area contributed by atoms with Crippen molar-refractivity contribution >= 4 is 19.1 Å². The average Bonchev–Trinajstić information content (AvgIpc) is 3.41. The normalized spacial score (nSPS) is 23.1. The van der Waals surface area contributed by atoms with Gasteiger partial charge in [-0.15, -0.1) is 0 Å². The van der Waals surface area contributed by atoms with Crippen molar-refractivity contribution in [3.05, 3.63) is 59.1 Å². The molecule has 2 fully saturated rings. The Morgan fingerprint density at radius 1 is 1.34 bits per heavy atom. The first-order valence-electron chi connectivity index (χ1n) is 10.8. The Hall–Kier alpha value is -2.83. The van der Waals surface area contributed by atoms with E-state index >= 15 is 0 Å².